The topological polar surface area (TPSA) is 34.1 Å². The van der Waals surface area contributed by atoms with Gasteiger partial charge in [0.1, 0.15) is 0 Å². The van der Waals surface area contributed by atoms with E-state index >= 15 is 0 Å². The van der Waals surface area contributed by atoms with Crippen LogP contribution in [0.15, 0.2) is 90.8 Å². The molecule has 3 aromatic rings. The van der Waals surface area contributed by atoms with Gasteiger partial charge in [0.25, 0.3) is 0 Å². The second-order valence-electron chi connectivity index (χ2n) is 5.20. The van der Waals surface area contributed by atoms with Crippen LogP contribution in [0.25, 0.3) is 11.1 Å². The lowest BCUT2D eigenvalue weighted by Crippen LogP contribution is -2.09. The monoisotopic (exact) mass is 402 g/mol. The van der Waals surface area contributed by atoms with Gasteiger partial charge in [-0.05, 0) is 35.4 Å². The zero-order chi connectivity index (χ0) is 16.0. The predicted octanol–water partition coefficient (Wildman–Crippen LogP) is 5.41. The SMILES string of the molecule is O=S1(=O)c2ccccc2Sc2cc(-c3ccccc3)c(Br)cc21. The van der Waals surface area contributed by atoms with Crippen molar-refractivity contribution < 1.29 is 8.42 Å². The largest absolute Gasteiger partial charge is 0.218 e. The summed E-state index contributed by atoms with van der Waals surface area (Å²) in [4.78, 5) is 2.30. The Morgan fingerprint density at radius 2 is 1.48 bits per heavy atom. The summed E-state index contributed by atoms with van der Waals surface area (Å²) in [6.45, 7) is 0. The summed E-state index contributed by atoms with van der Waals surface area (Å²) in [5, 5.41) is 0. The minimum absolute atomic E-state index is 0.368. The van der Waals surface area contributed by atoms with E-state index in [2.05, 4.69) is 15.9 Å². The van der Waals surface area contributed by atoms with Crippen LogP contribution in [-0.4, -0.2) is 8.42 Å². The maximum absolute atomic E-state index is 12.9. The van der Waals surface area contributed by atoms with E-state index in [1.54, 1.807) is 18.2 Å². The number of sulfone groups is 1. The van der Waals surface area contributed by atoms with Crippen molar-refractivity contribution in [3.63, 3.8) is 0 Å². The Labute approximate surface area is 147 Å². The predicted molar refractivity (Wildman–Crippen MR) is 95.6 cm³/mol. The van der Waals surface area contributed by atoms with E-state index in [1.165, 1.54) is 11.8 Å². The first-order chi connectivity index (χ1) is 11.1. The molecule has 0 amide bonds. The molecule has 0 saturated carbocycles. The first kappa shape index (κ1) is 15.0. The van der Waals surface area contributed by atoms with Crippen molar-refractivity contribution in [1.82, 2.24) is 0 Å². The quantitative estimate of drug-likeness (QED) is 0.426. The van der Waals surface area contributed by atoms with E-state index in [1.807, 2.05) is 48.5 Å². The van der Waals surface area contributed by atoms with Crippen molar-refractivity contribution in [2.45, 2.75) is 19.6 Å². The number of hydrogen-bond donors (Lipinski definition) is 0. The molecule has 3 aromatic carbocycles. The number of rotatable bonds is 1. The normalized spacial score (nSPS) is 14.8. The number of halogens is 1. The van der Waals surface area contributed by atoms with Gasteiger partial charge in [-0.3, -0.25) is 0 Å². The molecule has 23 heavy (non-hydrogen) atoms. The molecule has 0 unspecified atom stereocenters. The van der Waals surface area contributed by atoms with E-state index in [0.29, 0.717) is 9.79 Å². The fourth-order valence-corrected chi connectivity index (χ4v) is 6.60. The molecule has 2 nitrogen and oxygen atoms in total. The van der Waals surface area contributed by atoms with Crippen LogP contribution in [0.3, 0.4) is 0 Å². The van der Waals surface area contributed by atoms with Crippen LogP contribution < -0.4 is 0 Å². The van der Waals surface area contributed by atoms with Gasteiger partial charge in [0.2, 0.25) is 9.84 Å². The number of hydrogen-bond acceptors (Lipinski definition) is 3. The molecular weight excluding hydrogens is 392 g/mol. The van der Waals surface area contributed by atoms with Gasteiger partial charge >= 0.3 is 0 Å². The molecule has 0 radical (unpaired) electrons. The van der Waals surface area contributed by atoms with Gasteiger partial charge in [0.05, 0.1) is 9.79 Å². The molecule has 1 aliphatic rings. The molecule has 0 aromatic heterocycles. The third-order valence-corrected chi connectivity index (χ3v) is 7.67. The minimum atomic E-state index is -3.47. The third-order valence-electron chi connectivity index (χ3n) is 3.77. The zero-order valence-electron chi connectivity index (χ0n) is 11.9. The van der Waals surface area contributed by atoms with Crippen molar-refractivity contribution in [2.24, 2.45) is 0 Å². The van der Waals surface area contributed by atoms with Crippen molar-refractivity contribution in [3.8, 4) is 11.1 Å². The minimum Gasteiger partial charge on any atom is -0.218 e. The van der Waals surface area contributed by atoms with Gasteiger partial charge in [-0.1, -0.05) is 70.2 Å². The standard InChI is InChI=1S/C18H11BrO2S2/c19-14-11-18-16(10-13(14)12-6-2-1-3-7-12)22-15-8-4-5-9-17(15)23(18,20)21/h1-11H. The lowest BCUT2D eigenvalue weighted by molar-refractivity contribution is 0.591. The van der Waals surface area contributed by atoms with Crippen molar-refractivity contribution in [3.05, 3.63) is 71.2 Å². The van der Waals surface area contributed by atoms with Gasteiger partial charge in [0.15, 0.2) is 0 Å². The van der Waals surface area contributed by atoms with E-state index < -0.39 is 9.84 Å². The van der Waals surface area contributed by atoms with Crippen LogP contribution in [0.4, 0.5) is 0 Å². The van der Waals surface area contributed by atoms with Crippen molar-refractivity contribution in [1.29, 1.82) is 0 Å². The van der Waals surface area contributed by atoms with E-state index in [9.17, 15) is 8.42 Å². The van der Waals surface area contributed by atoms with E-state index in [4.69, 9.17) is 0 Å². The maximum atomic E-state index is 12.9. The number of fused-ring (bicyclic) bond motifs is 2. The van der Waals surface area contributed by atoms with Crippen LogP contribution >= 0.6 is 27.7 Å². The summed E-state index contributed by atoms with van der Waals surface area (Å²) in [7, 11) is -3.47. The molecule has 4 rings (SSSR count). The van der Waals surface area contributed by atoms with Gasteiger partial charge in [0, 0.05) is 14.3 Å². The zero-order valence-corrected chi connectivity index (χ0v) is 15.1. The fraction of sp³-hybridized carbons (Fsp3) is 0. The second kappa shape index (κ2) is 5.51. The molecule has 0 aliphatic carbocycles. The van der Waals surface area contributed by atoms with Gasteiger partial charge < -0.3 is 0 Å². The molecule has 0 atom stereocenters. The highest BCUT2D eigenvalue weighted by Crippen LogP contribution is 2.47. The third kappa shape index (κ3) is 2.43. The molecule has 0 bridgehead atoms. The lowest BCUT2D eigenvalue weighted by Gasteiger charge is -2.20. The Morgan fingerprint density at radius 1 is 0.783 bits per heavy atom. The Bertz CT molecular complexity index is 1010. The smallest absolute Gasteiger partial charge is 0.208 e. The van der Waals surface area contributed by atoms with Gasteiger partial charge in [-0.15, -0.1) is 0 Å². The van der Waals surface area contributed by atoms with Crippen molar-refractivity contribution in [2.75, 3.05) is 0 Å². The van der Waals surface area contributed by atoms with E-state index in [0.717, 1.165) is 25.4 Å². The van der Waals surface area contributed by atoms with E-state index in [-0.39, 0.29) is 0 Å². The van der Waals surface area contributed by atoms with Crippen LogP contribution in [-0.2, 0) is 9.84 Å². The molecular formula is C18H11BrO2S2. The van der Waals surface area contributed by atoms with Crippen LogP contribution in [0.1, 0.15) is 0 Å². The summed E-state index contributed by atoms with van der Waals surface area (Å²) in [5.41, 5.74) is 2.05. The van der Waals surface area contributed by atoms with Crippen LogP contribution in [0.5, 0.6) is 0 Å². The first-order valence-electron chi connectivity index (χ1n) is 6.98. The van der Waals surface area contributed by atoms with Crippen molar-refractivity contribution >= 4 is 37.5 Å². The highest BCUT2D eigenvalue weighted by atomic mass is 79.9. The van der Waals surface area contributed by atoms with Crippen LogP contribution in [0, 0.1) is 0 Å². The number of benzene rings is 3. The Balaban J connectivity index is 1.96. The average Bonchev–Trinajstić information content (AvgIpc) is 2.56. The molecule has 5 heteroatoms. The highest BCUT2D eigenvalue weighted by Gasteiger charge is 2.30. The highest BCUT2D eigenvalue weighted by molar-refractivity contribution is 9.10. The Hall–Kier alpha value is -1.56. The molecule has 0 spiro atoms. The first-order valence-corrected chi connectivity index (χ1v) is 10.1. The molecule has 0 saturated heterocycles. The summed E-state index contributed by atoms with van der Waals surface area (Å²) in [5.74, 6) is 0. The molecule has 1 heterocycles. The van der Waals surface area contributed by atoms with Gasteiger partial charge in [-0.25, -0.2) is 8.42 Å². The summed E-state index contributed by atoms with van der Waals surface area (Å²) < 4.78 is 26.5. The molecule has 114 valence electrons. The summed E-state index contributed by atoms with van der Waals surface area (Å²) in [6, 6.07) is 20.8. The second-order valence-corrected chi connectivity index (χ2v) is 9.02. The summed E-state index contributed by atoms with van der Waals surface area (Å²) in [6.07, 6.45) is 0. The fourth-order valence-electron chi connectivity index (χ4n) is 2.66. The Morgan fingerprint density at radius 3 is 2.26 bits per heavy atom. The Kier molecular flexibility index (Phi) is 3.59. The maximum Gasteiger partial charge on any atom is 0.208 e. The molecule has 0 N–H and O–H groups in total. The average molecular weight is 403 g/mol. The lowest BCUT2D eigenvalue weighted by atomic mass is 10.1. The van der Waals surface area contributed by atoms with Crippen LogP contribution in [0.2, 0.25) is 0 Å². The molecule has 0 fully saturated rings. The van der Waals surface area contributed by atoms with Gasteiger partial charge in [-0.2, -0.15) is 0 Å². The summed E-state index contributed by atoms with van der Waals surface area (Å²) >= 11 is 5.03. The molecule has 1 aliphatic heterocycles.